The average Bonchev–Trinajstić information content (AvgIpc) is 3.53. The second kappa shape index (κ2) is 13.9. The fraction of sp³-hybridized carbons (Fsp3) is 0.486. The number of fused-ring (bicyclic) bond motifs is 3. The summed E-state index contributed by atoms with van der Waals surface area (Å²) in [5.41, 5.74) is 7.62. The number of carboxylic acid groups (broad SMARTS) is 1. The minimum atomic E-state index is -0.820. The number of carbonyl (C=O) groups excluding carboxylic acids is 2. The number of likely N-dealkylation sites (tertiary alicyclic amines) is 1. The van der Waals surface area contributed by atoms with Gasteiger partial charge in [0.25, 0.3) is 0 Å². The number of carbonyl (C=O) groups is 3. The Balaban J connectivity index is 1.35. The molecule has 234 valence electrons. The van der Waals surface area contributed by atoms with Crippen molar-refractivity contribution < 1.29 is 29.3 Å². The zero-order chi connectivity index (χ0) is 31.4. The van der Waals surface area contributed by atoms with Crippen LogP contribution in [0.2, 0.25) is 0 Å². The maximum Gasteiger partial charge on any atom is 0.303 e. The summed E-state index contributed by atoms with van der Waals surface area (Å²) in [6.45, 7) is 6.81. The molecule has 0 radical (unpaired) electrons. The van der Waals surface area contributed by atoms with Gasteiger partial charge in [0.15, 0.2) is 0 Å². The van der Waals surface area contributed by atoms with Crippen LogP contribution in [0.3, 0.4) is 0 Å². The zero-order valence-corrected chi connectivity index (χ0v) is 26.2. The van der Waals surface area contributed by atoms with E-state index < -0.39 is 5.97 Å². The normalized spacial score (nSPS) is 23.3. The molecular weight excluding hydrogens is 554 g/mol. The molecule has 2 aromatic rings. The Kier molecular flexibility index (Phi) is 10.0. The number of aliphatic carboxylic acids is 1. The molecule has 7 nitrogen and oxygen atoms in total. The molecule has 2 amide bonds. The van der Waals surface area contributed by atoms with E-state index >= 15 is 0 Å². The van der Waals surface area contributed by atoms with E-state index in [0.29, 0.717) is 44.6 Å². The molecule has 0 spiro atoms. The van der Waals surface area contributed by atoms with Gasteiger partial charge in [-0.15, -0.1) is 0 Å². The van der Waals surface area contributed by atoms with E-state index in [1.54, 1.807) is 0 Å². The highest BCUT2D eigenvalue weighted by molar-refractivity contribution is 6.06. The van der Waals surface area contributed by atoms with E-state index in [9.17, 15) is 19.5 Å². The monoisotopic (exact) mass is 599 g/mol. The van der Waals surface area contributed by atoms with Gasteiger partial charge in [0.1, 0.15) is 5.75 Å². The van der Waals surface area contributed by atoms with Crippen molar-refractivity contribution in [2.24, 2.45) is 17.8 Å². The standard InChI is InChI=1S/C37H45NO6/c1-4-11-28-21-29-34(37(43)38(36(29)42)17-10-6-9-14-32(39)40)30-22-44-31(33(28)30)16-15-27(26-12-7-5-8-13-26)20-25-18-23(2)35(41)24(3)19-25/h5,7-8,12-13,18-20,29-31,34,41H,4,6,9-11,14-17,21-22H2,1-3H3,(H,39,40)/b27-20-/t29-,30+,31-,34-/m1/s1. The maximum absolute atomic E-state index is 13.7. The number of amides is 2. The number of rotatable bonds is 13. The molecule has 0 saturated carbocycles. The van der Waals surface area contributed by atoms with Crippen molar-refractivity contribution in [1.29, 1.82) is 0 Å². The molecule has 0 aromatic heterocycles. The predicted octanol–water partition coefficient (Wildman–Crippen LogP) is 7.09. The number of ether oxygens (including phenoxy) is 1. The number of unbranched alkanes of at least 4 members (excludes halogenated alkanes) is 2. The highest BCUT2D eigenvalue weighted by Gasteiger charge is 2.56. The van der Waals surface area contributed by atoms with Gasteiger partial charge in [-0.3, -0.25) is 19.3 Å². The number of nitrogens with zero attached hydrogens (tertiary/aromatic N) is 1. The van der Waals surface area contributed by atoms with Crippen molar-refractivity contribution in [1.82, 2.24) is 4.90 Å². The lowest BCUT2D eigenvalue weighted by Gasteiger charge is -2.32. The van der Waals surface area contributed by atoms with Gasteiger partial charge in [-0.05, 0) is 97.9 Å². The number of hydrogen-bond donors (Lipinski definition) is 2. The third-order valence-corrected chi connectivity index (χ3v) is 9.60. The Hall–Kier alpha value is -3.71. The van der Waals surface area contributed by atoms with Crippen LogP contribution in [0.25, 0.3) is 11.6 Å². The molecule has 0 bridgehead atoms. The van der Waals surface area contributed by atoms with Gasteiger partial charge in [-0.25, -0.2) is 0 Å². The second-order valence-corrected chi connectivity index (χ2v) is 12.7. The Morgan fingerprint density at radius 3 is 2.41 bits per heavy atom. The van der Waals surface area contributed by atoms with Gasteiger partial charge in [0.05, 0.1) is 24.5 Å². The minimum Gasteiger partial charge on any atom is -0.507 e. The molecule has 0 unspecified atom stereocenters. The van der Waals surface area contributed by atoms with Gasteiger partial charge >= 0.3 is 5.97 Å². The molecule has 4 atom stereocenters. The Bertz CT molecular complexity index is 1430. The number of benzene rings is 2. The summed E-state index contributed by atoms with van der Waals surface area (Å²) >= 11 is 0. The lowest BCUT2D eigenvalue weighted by molar-refractivity contribution is -0.141. The molecule has 1 aliphatic carbocycles. The largest absolute Gasteiger partial charge is 0.507 e. The van der Waals surface area contributed by atoms with Crippen molar-refractivity contribution >= 4 is 29.4 Å². The molecule has 44 heavy (non-hydrogen) atoms. The summed E-state index contributed by atoms with van der Waals surface area (Å²) < 4.78 is 6.47. The molecular formula is C37H45NO6. The van der Waals surface area contributed by atoms with E-state index in [-0.39, 0.29) is 42.1 Å². The highest BCUT2D eigenvalue weighted by atomic mass is 16.5. The number of hydrogen-bond acceptors (Lipinski definition) is 5. The van der Waals surface area contributed by atoms with Crippen LogP contribution in [-0.2, 0) is 19.1 Å². The van der Waals surface area contributed by atoms with Crippen LogP contribution >= 0.6 is 0 Å². The van der Waals surface area contributed by atoms with Gasteiger partial charge < -0.3 is 14.9 Å². The van der Waals surface area contributed by atoms with Crippen molar-refractivity contribution in [3.63, 3.8) is 0 Å². The third kappa shape index (κ3) is 6.68. The summed E-state index contributed by atoms with van der Waals surface area (Å²) in [6, 6.07) is 14.4. The van der Waals surface area contributed by atoms with E-state index in [1.165, 1.54) is 21.6 Å². The van der Waals surface area contributed by atoms with Crippen molar-refractivity contribution in [3.05, 3.63) is 75.9 Å². The molecule has 2 fully saturated rings. The van der Waals surface area contributed by atoms with Gasteiger partial charge in [0, 0.05) is 18.9 Å². The van der Waals surface area contributed by atoms with E-state index in [4.69, 9.17) is 9.84 Å². The SMILES string of the molecule is CCCC1=C2[C@@H](CC/C(=C/c3cc(C)c(O)c(C)c3)c3ccccc3)OC[C@@H]2[C@@H]2C(=O)N(CCCCCC(=O)O)C(=O)[C@@H]2C1. The molecule has 2 aliphatic heterocycles. The summed E-state index contributed by atoms with van der Waals surface area (Å²) in [5, 5.41) is 19.2. The summed E-state index contributed by atoms with van der Waals surface area (Å²) in [4.78, 5) is 39.4. The van der Waals surface area contributed by atoms with E-state index in [1.807, 2.05) is 44.2 Å². The molecule has 2 aromatic carbocycles. The third-order valence-electron chi connectivity index (χ3n) is 9.60. The number of aromatic hydroxyl groups is 1. The molecule has 7 heteroatoms. The Morgan fingerprint density at radius 1 is 1.00 bits per heavy atom. The summed E-state index contributed by atoms with van der Waals surface area (Å²) in [6.07, 6.45) is 8.14. The van der Waals surface area contributed by atoms with Crippen LogP contribution in [0, 0.1) is 31.6 Å². The van der Waals surface area contributed by atoms with Gasteiger partial charge in [0.2, 0.25) is 11.8 Å². The van der Waals surface area contributed by atoms with Crippen molar-refractivity contribution in [3.8, 4) is 5.75 Å². The van der Waals surface area contributed by atoms with Gasteiger partial charge in [-0.1, -0.05) is 61.7 Å². The molecule has 2 N–H and O–H groups in total. The van der Waals surface area contributed by atoms with Crippen LogP contribution in [-0.4, -0.2) is 52.2 Å². The Labute approximate surface area is 260 Å². The van der Waals surface area contributed by atoms with Crippen molar-refractivity contribution in [2.75, 3.05) is 13.2 Å². The highest BCUT2D eigenvalue weighted by Crippen LogP contribution is 2.51. The van der Waals surface area contributed by atoms with E-state index in [0.717, 1.165) is 47.9 Å². The molecule has 3 aliphatic rings. The van der Waals surface area contributed by atoms with Crippen molar-refractivity contribution in [2.45, 2.75) is 84.7 Å². The van der Waals surface area contributed by atoms with Crippen LogP contribution in [0.15, 0.2) is 53.6 Å². The molecule has 2 saturated heterocycles. The molecule has 5 rings (SSSR count). The van der Waals surface area contributed by atoms with E-state index in [2.05, 4.69) is 25.1 Å². The second-order valence-electron chi connectivity index (χ2n) is 12.7. The number of phenols is 1. The first-order chi connectivity index (χ1) is 21.2. The fourth-order valence-electron chi connectivity index (χ4n) is 7.53. The first-order valence-corrected chi connectivity index (χ1v) is 16.2. The average molecular weight is 600 g/mol. The van der Waals surface area contributed by atoms with Gasteiger partial charge in [-0.2, -0.15) is 0 Å². The first-order valence-electron chi connectivity index (χ1n) is 16.2. The van der Waals surface area contributed by atoms with Crippen LogP contribution in [0.4, 0.5) is 0 Å². The Morgan fingerprint density at radius 2 is 1.73 bits per heavy atom. The summed E-state index contributed by atoms with van der Waals surface area (Å²) in [7, 11) is 0. The number of imide groups is 1. The number of allylic oxidation sites excluding steroid dienone is 2. The first kappa shape index (κ1) is 31.7. The maximum atomic E-state index is 13.7. The number of carboxylic acids is 1. The minimum absolute atomic E-state index is 0.0666. The van der Waals surface area contributed by atoms with Crippen LogP contribution in [0.1, 0.15) is 87.0 Å². The fourth-order valence-corrected chi connectivity index (χ4v) is 7.53. The smallest absolute Gasteiger partial charge is 0.303 e. The lowest BCUT2D eigenvalue weighted by Crippen LogP contribution is -2.34. The topological polar surface area (TPSA) is 104 Å². The lowest BCUT2D eigenvalue weighted by atomic mass is 9.68. The zero-order valence-electron chi connectivity index (χ0n) is 26.2. The quantitative estimate of drug-likeness (QED) is 0.110. The predicted molar refractivity (Wildman–Crippen MR) is 171 cm³/mol. The number of aryl methyl sites for hydroxylation is 2. The van der Waals surface area contributed by atoms with Crippen LogP contribution < -0.4 is 0 Å². The summed E-state index contributed by atoms with van der Waals surface area (Å²) in [5.74, 6) is -1.39. The molecule has 2 heterocycles. The number of phenolic OH excluding ortho intramolecular Hbond substituents is 1. The van der Waals surface area contributed by atoms with Crippen LogP contribution in [0.5, 0.6) is 5.75 Å².